The summed E-state index contributed by atoms with van der Waals surface area (Å²) in [5.41, 5.74) is 0.730. The van der Waals surface area contributed by atoms with Crippen molar-refractivity contribution in [2.45, 2.75) is 56.7 Å². The van der Waals surface area contributed by atoms with Crippen LogP contribution in [0.2, 0.25) is 0 Å². The lowest BCUT2D eigenvalue weighted by atomic mass is 9.55. The van der Waals surface area contributed by atoms with Crippen LogP contribution in [0.3, 0.4) is 0 Å². The number of hydrogen-bond acceptors (Lipinski definition) is 8. The van der Waals surface area contributed by atoms with Gasteiger partial charge in [0, 0.05) is 48.1 Å². The van der Waals surface area contributed by atoms with E-state index in [-0.39, 0.29) is 42.8 Å². The summed E-state index contributed by atoms with van der Waals surface area (Å²) in [6.07, 6.45) is -2.43. The number of pyridine rings is 2. The standard InChI is InChI=1S/C28H26F5N7O3/c1-14-20(6-16(8-34-14)22-37-24(43-38-22)15-4-17(5-15)28(31,32)33)36-23(41)19-9-35-40-3-2-18(7-21(19)40)39-12-26(13-39)10-27(42,11-26)25(29)30/h2-3,6-9,15,17,25,42H,4-5,10-13H2,1H3,(H,36,41). The van der Waals surface area contributed by atoms with Gasteiger partial charge in [-0.05, 0) is 50.8 Å². The Morgan fingerprint density at radius 3 is 2.63 bits per heavy atom. The van der Waals surface area contributed by atoms with Crippen molar-refractivity contribution in [2.75, 3.05) is 23.3 Å². The van der Waals surface area contributed by atoms with Crippen LogP contribution in [0.1, 0.15) is 53.5 Å². The number of hydrogen-bond donors (Lipinski definition) is 2. The number of aliphatic hydroxyl groups is 1. The van der Waals surface area contributed by atoms with Crippen molar-refractivity contribution in [2.24, 2.45) is 11.3 Å². The summed E-state index contributed by atoms with van der Waals surface area (Å²) in [6, 6.07) is 5.25. The molecule has 2 N–H and O–H groups in total. The predicted molar refractivity (Wildman–Crippen MR) is 142 cm³/mol. The molecule has 0 radical (unpaired) electrons. The van der Waals surface area contributed by atoms with E-state index in [2.05, 4.69) is 25.5 Å². The average molecular weight is 604 g/mol. The summed E-state index contributed by atoms with van der Waals surface area (Å²) in [5.74, 6) is -1.98. The van der Waals surface area contributed by atoms with Gasteiger partial charge in [-0.2, -0.15) is 23.3 Å². The molecule has 1 saturated heterocycles. The van der Waals surface area contributed by atoms with Gasteiger partial charge in [-0.3, -0.25) is 9.78 Å². The molecule has 3 fully saturated rings. The first-order chi connectivity index (χ1) is 20.3. The van der Waals surface area contributed by atoms with Gasteiger partial charge in [-0.15, -0.1) is 0 Å². The molecular formula is C28H26F5N7O3. The van der Waals surface area contributed by atoms with Crippen molar-refractivity contribution >= 4 is 22.8 Å². The van der Waals surface area contributed by atoms with Gasteiger partial charge in [-0.25, -0.2) is 13.3 Å². The molecule has 4 aromatic rings. The van der Waals surface area contributed by atoms with E-state index in [4.69, 9.17) is 4.52 Å². The van der Waals surface area contributed by atoms with Gasteiger partial charge in [0.25, 0.3) is 12.3 Å². The molecule has 5 heterocycles. The fourth-order valence-corrected chi connectivity index (χ4v) is 6.49. The number of aromatic nitrogens is 5. The number of amides is 1. The van der Waals surface area contributed by atoms with Crippen LogP contribution in [0.25, 0.3) is 16.9 Å². The number of nitrogens with zero attached hydrogens (tertiary/aromatic N) is 6. The first kappa shape index (κ1) is 27.7. The van der Waals surface area contributed by atoms with Crippen LogP contribution in [0.4, 0.5) is 33.3 Å². The van der Waals surface area contributed by atoms with E-state index in [9.17, 15) is 31.9 Å². The number of aryl methyl sites for hydroxylation is 1. The fourth-order valence-electron chi connectivity index (χ4n) is 6.49. The summed E-state index contributed by atoms with van der Waals surface area (Å²) < 4.78 is 71.5. The second kappa shape index (κ2) is 9.43. The molecule has 0 bridgehead atoms. The van der Waals surface area contributed by atoms with Gasteiger partial charge < -0.3 is 19.8 Å². The molecule has 1 aliphatic heterocycles. The van der Waals surface area contributed by atoms with Crippen LogP contribution >= 0.6 is 0 Å². The van der Waals surface area contributed by atoms with Crippen molar-refractivity contribution in [3.05, 3.63) is 53.9 Å². The van der Waals surface area contributed by atoms with Gasteiger partial charge in [0.2, 0.25) is 11.7 Å². The number of fused-ring (bicyclic) bond motifs is 1. The minimum absolute atomic E-state index is 0.0630. The molecule has 226 valence electrons. The molecule has 10 nitrogen and oxygen atoms in total. The Morgan fingerprint density at radius 2 is 1.93 bits per heavy atom. The maximum Gasteiger partial charge on any atom is 0.391 e. The molecule has 43 heavy (non-hydrogen) atoms. The lowest BCUT2D eigenvalue weighted by Crippen LogP contribution is -2.70. The van der Waals surface area contributed by atoms with E-state index in [1.165, 1.54) is 12.4 Å². The van der Waals surface area contributed by atoms with Crippen molar-refractivity contribution in [3.8, 4) is 11.4 Å². The van der Waals surface area contributed by atoms with E-state index in [1.54, 1.807) is 29.8 Å². The Kier molecular flexibility index (Phi) is 6.07. The quantitative estimate of drug-likeness (QED) is 0.296. The molecule has 1 amide bonds. The zero-order chi connectivity index (χ0) is 30.3. The van der Waals surface area contributed by atoms with Gasteiger partial charge in [0.1, 0.15) is 5.60 Å². The van der Waals surface area contributed by atoms with Gasteiger partial charge in [0.05, 0.1) is 34.6 Å². The van der Waals surface area contributed by atoms with Crippen LogP contribution in [-0.4, -0.2) is 67.0 Å². The van der Waals surface area contributed by atoms with Crippen LogP contribution in [0.5, 0.6) is 0 Å². The maximum atomic E-state index is 13.4. The number of anilines is 2. The average Bonchev–Trinajstić information content (AvgIpc) is 3.52. The predicted octanol–water partition coefficient (Wildman–Crippen LogP) is 4.99. The lowest BCUT2D eigenvalue weighted by Gasteiger charge is -2.62. The smallest absolute Gasteiger partial charge is 0.384 e. The van der Waals surface area contributed by atoms with E-state index in [1.807, 2.05) is 11.0 Å². The topological polar surface area (TPSA) is 122 Å². The molecule has 2 saturated carbocycles. The number of carbonyl (C=O) groups is 1. The number of rotatable bonds is 6. The van der Waals surface area contributed by atoms with Gasteiger partial charge in [-0.1, -0.05) is 5.16 Å². The highest BCUT2D eigenvalue weighted by Crippen LogP contribution is 2.57. The van der Waals surface area contributed by atoms with Gasteiger partial charge in [0.15, 0.2) is 0 Å². The molecule has 2 aliphatic carbocycles. The maximum absolute atomic E-state index is 13.4. The third-order valence-electron chi connectivity index (χ3n) is 8.92. The number of nitrogens with one attached hydrogen (secondary N) is 1. The Bertz CT molecular complexity index is 1720. The Hall–Kier alpha value is -4.14. The van der Waals surface area contributed by atoms with Crippen LogP contribution in [-0.2, 0) is 0 Å². The van der Waals surface area contributed by atoms with Crippen LogP contribution in [0.15, 0.2) is 41.3 Å². The van der Waals surface area contributed by atoms with E-state index in [0.29, 0.717) is 41.1 Å². The summed E-state index contributed by atoms with van der Waals surface area (Å²) in [5, 5.41) is 21.0. The van der Waals surface area contributed by atoms with E-state index in [0.717, 1.165) is 5.69 Å². The summed E-state index contributed by atoms with van der Waals surface area (Å²) >= 11 is 0. The third-order valence-corrected chi connectivity index (χ3v) is 8.92. The van der Waals surface area contributed by atoms with Crippen LogP contribution < -0.4 is 10.2 Å². The summed E-state index contributed by atoms with van der Waals surface area (Å²) in [4.78, 5) is 24.0. The normalized spacial score (nSPS) is 22.4. The Labute approximate surface area is 240 Å². The summed E-state index contributed by atoms with van der Waals surface area (Å²) in [7, 11) is 0. The molecule has 0 unspecified atom stereocenters. The minimum atomic E-state index is -4.24. The van der Waals surface area contributed by atoms with E-state index < -0.39 is 35.9 Å². The molecule has 7 rings (SSSR count). The lowest BCUT2D eigenvalue weighted by molar-refractivity contribution is -0.209. The van der Waals surface area contributed by atoms with Crippen molar-refractivity contribution in [1.82, 2.24) is 24.7 Å². The summed E-state index contributed by atoms with van der Waals surface area (Å²) in [6.45, 7) is 2.77. The highest BCUT2D eigenvalue weighted by Gasteiger charge is 2.63. The number of carbonyl (C=O) groups excluding carboxylic acids is 1. The molecule has 4 aromatic heterocycles. The first-order valence-corrected chi connectivity index (χ1v) is 13.7. The molecule has 1 spiro atoms. The second-order valence-electron chi connectivity index (χ2n) is 12.1. The van der Waals surface area contributed by atoms with Crippen molar-refractivity contribution in [3.63, 3.8) is 0 Å². The SMILES string of the molecule is Cc1ncc(-c2noc(C3CC(C(F)(F)F)C3)n2)cc1NC(=O)c1cnn2ccc(N3CC4(C3)CC(O)(C(F)F)C4)cc12. The molecule has 0 atom stereocenters. The molecule has 3 aliphatic rings. The molecule has 15 heteroatoms. The zero-order valence-corrected chi connectivity index (χ0v) is 22.8. The fraction of sp³-hybridized carbons (Fsp3) is 0.464. The van der Waals surface area contributed by atoms with Crippen molar-refractivity contribution in [1.29, 1.82) is 0 Å². The highest BCUT2D eigenvalue weighted by atomic mass is 19.4. The van der Waals surface area contributed by atoms with Crippen molar-refractivity contribution < 1.29 is 36.4 Å². The van der Waals surface area contributed by atoms with Crippen LogP contribution in [0, 0.1) is 18.3 Å². The highest BCUT2D eigenvalue weighted by molar-refractivity contribution is 6.09. The Morgan fingerprint density at radius 1 is 1.19 bits per heavy atom. The monoisotopic (exact) mass is 603 g/mol. The third kappa shape index (κ3) is 4.69. The number of alkyl halides is 5. The Balaban J connectivity index is 1.05. The minimum Gasteiger partial charge on any atom is -0.384 e. The molecular weight excluding hydrogens is 577 g/mol. The second-order valence-corrected chi connectivity index (χ2v) is 12.1. The van der Waals surface area contributed by atoms with E-state index >= 15 is 0 Å². The molecule has 0 aromatic carbocycles. The number of halogens is 5. The zero-order valence-electron chi connectivity index (χ0n) is 22.8. The largest absolute Gasteiger partial charge is 0.391 e. The first-order valence-electron chi connectivity index (χ1n) is 13.7. The van der Waals surface area contributed by atoms with Gasteiger partial charge >= 0.3 is 6.18 Å².